The van der Waals surface area contributed by atoms with Crippen molar-refractivity contribution in [3.8, 4) is 5.75 Å². The molecule has 35 heavy (non-hydrogen) atoms. The van der Waals surface area contributed by atoms with Crippen LogP contribution in [0, 0.1) is 18.7 Å². The van der Waals surface area contributed by atoms with Crippen LogP contribution in [0.2, 0.25) is 5.02 Å². The first-order valence-electron chi connectivity index (χ1n) is 11.8. The van der Waals surface area contributed by atoms with Crippen LogP contribution in [-0.2, 0) is 4.74 Å². The lowest BCUT2D eigenvalue weighted by molar-refractivity contribution is 0.0641. The van der Waals surface area contributed by atoms with Crippen molar-refractivity contribution in [2.24, 2.45) is 5.92 Å². The molecule has 0 bridgehead atoms. The van der Waals surface area contributed by atoms with Crippen molar-refractivity contribution >= 4 is 28.8 Å². The first kappa shape index (κ1) is 25.2. The number of nitrogens with two attached hydrogens (primary N) is 1. The molecule has 188 valence electrons. The van der Waals surface area contributed by atoms with Crippen LogP contribution in [0.25, 0.3) is 5.52 Å². The van der Waals surface area contributed by atoms with Gasteiger partial charge in [-0.3, -0.25) is 9.20 Å². The Morgan fingerprint density at radius 1 is 1.37 bits per heavy atom. The second-order valence-electron chi connectivity index (χ2n) is 9.21. The zero-order valence-corrected chi connectivity index (χ0v) is 21.2. The number of ether oxygens (including phenoxy) is 2. The summed E-state index contributed by atoms with van der Waals surface area (Å²) in [6.07, 6.45) is 4.76. The molecule has 3 heterocycles. The first-order valence-corrected chi connectivity index (χ1v) is 12.2. The van der Waals surface area contributed by atoms with Gasteiger partial charge in [0.2, 0.25) is 0 Å². The number of carbonyl (C=O) groups excluding carboxylic acids is 1. The highest BCUT2D eigenvalue weighted by molar-refractivity contribution is 6.31. The van der Waals surface area contributed by atoms with Gasteiger partial charge in [-0.25, -0.2) is 14.4 Å². The van der Waals surface area contributed by atoms with Gasteiger partial charge in [0.1, 0.15) is 28.5 Å². The van der Waals surface area contributed by atoms with Gasteiger partial charge in [-0.2, -0.15) is 0 Å². The average Bonchev–Trinajstić information content (AvgIpc) is 3.17. The number of fused-ring (bicyclic) bond motifs is 1. The van der Waals surface area contributed by atoms with E-state index in [0.29, 0.717) is 48.2 Å². The maximum atomic E-state index is 15.3. The van der Waals surface area contributed by atoms with Gasteiger partial charge in [-0.15, -0.1) is 0 Å². The summed E-state index contributed by atoms with van der Waals surface area (Å²) in [6.45, 7) is 9.16. The summed E-state index contributed by atoms with van der Waals surface area (Å²) >= 11 is 6.32. The van der Waals surface area contributed by atoms with Crippen molar-refractivity contribution in [2.45, 2.75) is 52.6 Å². The topological polar surface area (TPSA) is 104 Å². The smallest absolute Gasteiger partial charge is 0.258 e. The largest absolute Gasteiger partial charge is 0.490 e. The molecule has 1 fully saturated rings. The van der Waals surface area contributed by atoms with E-state index >= 15 is 4.39 Å². The fourth-order valence-electron chi connectivity index (χ4n) is 4.51. The van der Waals surface area contributed by atoms with Crippen molar-refractivity contribution in [3.05, 3.63) is 51.9 Å². The summed E-state index contributed by atoms with van der Waals surface area (Å²) in [6, 6.07) is 1.51. The molecule has 0 aliphatic carbocycles. The molecule has 1 saturated heterocycles. The maximum absolute atomic E-state index is 15.3. The van der Waals surface area contributed by atoms with Gasteiger partial charge in [0.15, 0.2) is 5.82 Å². The summed E-state index contributed by atoms with van der Waals surface area (Å²) in [5.41, 5.74) is 7.85. The van der Waals surface area contributed by atoms with E-state index in [2.05, 4.69) is 10.3 Å². The third kappa shape index (κ3) is 5.06. The fraction of sp³-hybridized carbons (Fsp3) is 0.480. The molecule has 1 aromatic carbocycles. The molecule has 4 rings (SSSR count). The van der Waals surface area contributed by atoms with Crippen molar-refractivity contribution in [1.29, 1.82) is 0 Å². The minimum Gasteiger partial charge on any atom is -0.490 e. The van der Waals surface area contributed by atoms with Crippen LogP contribution in [0.15, 0.2) is 18.5 Å². The van der Waals surface area contributed by atoms with Gasteiger partial charge in [0.05, 0.1) is 16.8 Å². The Morgan fingerprint density at radius 2 is 2.09 bits per heavy atom. The van der Waals surface area contributed by atoms with Gasteiger partial charge in [-0.1, -0.05) is 18.5 Å². The third-order valence-electron chi connectivity index (χ3n) is 6.31. The Balaban J connectivity index is 1.78. The van der Waals surface area contributed by atoms with E-state index in [1.54, 1.807) is 12.4 Å². The predicted molar refractivity (Wildman–Crippen MR) is 133 cm³/mol. The first-order chi connectivity index (χ1) is 16.7. The third-order valence-corrected chi connectivity index (χ3v) is 6.59. The van der Waals surface area contributed by atoms with Crippen LogP contribution in [0.4, 0.5) is 10.2 Å². The number of hydrogen-bond donors (Lipinski definition) is 2. The zero-order chi connectivity index (χ0) is 25.3. The Morgan fingerprint density at radius 3 is 2.77 bits per heavy atom. The lowest BCUT2D eigenvalue weighted by atomic mass is 9.95. The average molecular weight is 504 g/mol. The van der Waals surface area contributed by atoms with Crippen molar-refractivity contribution in [1.82, 2.24) is 19.7 Å². The number of aromatic nitrogens is 3. The molecule has 1 amide bonds. The Kier molecular flexibility index (Phi) is 7.47. The fourth-order valence-corrected chi connectivity index (χ4v) is 4.72. The molecule has 1 atom stereocenters. The number of aryl methyl sites for hydroxylation is 1. The van der Waals surface area contributed by atoms with Gasteiger partial charge < -0.3 is 20.5 Å². The lowest BCUT2D eigenvalue weighted by Crippen LogP contribution is -2.33. The zero-order valence-electron chi connectivity index (χ0n) is 20.4. The molecule has 3 N–H and O–H groups in total. The van der Waals surface area contributed by atoms with E-state index in [-0.39, 0.29) is 28.4 Å². The van der Waals surface area contributed by atoms with Gasteiger partial charge in [0.25, 0.3) is 5.91 Å². The van der Waals surface area contributed by atoms with Crippen molar-refractivity contribution in [2.75, 3.05) is 25.5 Å². The molecule has 2 aromatic heterocycles. The SMILES string of the molecule is Cc1nc([C@@H](C)c2cc(Cl)c(F)c(C(=O)NCC3CCOCC3)c2OC(C)C)n2ccnc(N)c12. The summed E-state index contributed by atoms with van der Waals surface area (Å²) < 4.78 is 28.6. The summed E-state index contributed by atoms with van der Waals surface area (Å²) in [5.74, 6) is -0.307. The standard InChI is InChI=1S/C25H31ClFN5O3/c1-13(2)35-22-17(14(3)24-31-15(4)21-23(28)29-7-8-32(21)24)11-18(26)20(27)19(22)25(33)30-12-16-5-9-34-10-6-16/h7-8,11,13-14,16H,5-6,9-10,12H2,1-4H3,(H2,28,29)(H,30,33)/t14-/m0/s1. The molecular formula is C25H31ClFN5O3. The molecule has 8 nitrogen and oxygen atoms in total. The van der Waals surface area contributed by atoms with E-state index in [0.717, 1.165) is 12.8 Å². The molecule has 0 spiro atoms. The van der Waals surface area contributed by atoms with E-state index in [1.807, 2.05) is 32.1 Å². The van der Waals surface area contributed by atoms with Gasteiger partial charge >= 0.3 is 0 Å². The van der Waals surface area contributed by atoms with Gasteiger partial charge in [-0.05, 0) is 45.6 Å². The van der Waals surface area contributed by atoms with Crippen LogP contribution >= 0.6 is 11.6 Å². The van der Waals surface area contributed by atoms with E-state index in [4.69, 9.17) is 31.8 Å². The second kappa shape index (κ2) is 10.4. The summed E-state index contributed by atoms with van der Waals surface area (Å²) in [5, 5.41) is 2.72. The number of benzene rings is 1. The highest BCUT2D eigenvalue weighted by atomic mass is 35.5. The van der Waals surface area contributed by atoms with E-state index in [1.165, 1.54) is 6.07 Å². The van der Waals surface area contributed by atoms with Gasteiger partial charge in [0, 0.05) is 43.6 Å². The summed E-state index contributed by atoms with van der Waals surface area (Å²) in [7, 11) is 0. The highest BCUT2D eigenvalue weighted by Crippen LogP contribution is 2.40. The summed E-state index contributed by atoms with van der Waals surface area (Å²) in [4.78, 5) is 22.1. The number of anilines is 1. The van der Waals surface area contributed by atoms with Crippen LogP contribution in [0.3, 0.4) is 0 Å². The Hall–Kier alpha value is -2.91. The molecular weight excluding hydrogens is 473 g/mol. The van der Waals surface area contributed by atoms with Crippen LogP contribution in [0.5, 0.6) is 5.75 Å². The minimum atomic E-state index is -0.805. The Bertz CT molecular complexity index is 1240. The minimum absolute atomic E-state index is 0.155. The highest BCUT2D eigenvalue weighted by Gasteiger charge is 2.30. The number of nitrogens with zero attached hydrogens (tertiary/aromatic N) is 3. The number of carbonyl (C=O) groups is 1. The molecule has 1 aliphatic rings. The molecule has 3 aromatic rings. The van der Waals surface area contributed by atoms with Crippen molar-refractivity contribution in [3.63, 3.8) is 0 Å². The molecule has 0 saturated carbocycles. The monoisotopic (exact) mass is 503 g/mol. The number of nitrogens with one attached hydrogen (secondary N) is 1. The van der Waals surface area contributed by atoms with Crippen LogP contribution in [0.1, 0.15) is 67.0 Å². The second-order valence-corrected chi connectivity index (χ2v) is 9.61. The molecule has 0 radical (unpaired) electrons. The predicted octanol–water partition coefficient (Wildman–Crippen LogP) is 4.51. The maximum Gasteiger partial charge on any atom is 0.258 e. The van der Waals surface area contributed by atoms with E-state index in [9.17, 15) is 4.79 Å². The number of rotatable bonds is 7. The Labute approximate surface area is 209 Å². The number of imidazole rings is 1. The number of hydrogen-bond acceptors (Lipinski definition) is 6. The number of halogens is 2. The molecule has 0 unspecified atom stereocenters. The van der Waals surface area contributed by atoms with Crippen molar-refractivity contribution < 1.29 is 18.7 Å². The van der Waals surface area contributed by atoms with E-state index < -0.39 is 17.6 Å². The van der Waals surface area contributed by atoms with Crippen LogP contribution in [-0.4, -0.2) is 46.1 Å². The normalized spacial score (nSPS) is 15.5. The molecule has 10 heteroatoms. The lowest BCUT2D eigenvalue weighted by Gasteiger charge is -2.24. The molecule has 1 aliphatic heterocycles. The number of nitrogen functional groups attached to an aromatic ring is 1. The number of amides is 1. The van der Waals surface area contributed by atoms with Crippen LogP contribution < -0.4 is 15.8 Å². The quantitative estimate of drug-likeness (QED) is 0.491.